The van der Waals surface area contributed by atoms with E-state index >= 15 is 0 Å². The molecule has 0 bridgehead atoms. The number of benzene rings is 3. The van der Waals surface area contributed by atoms with E-state index in [-0.39, 0.29) is 0 Å². The Hall–Kier alpha value is -2.39. The van der Waals surface area contributed by atoms with Crippen LogP contribution < -0.4 is 0 Å². The Kier molecular flexibility index (Phi) is 6.12. The van der Waals surface area contributed by atoms with Crippen LogP contribution in [-0.4, -0.2) is 10.2 Å². The maximum absolute atomic E-state index is 9.45. The lowest BCUT2D eigenvalue weighted by Crippen LogP contribution is -1.79. The molecule has 3 rings (SSSR count). The number of phenolic OH excluding ortho intramolecular Hbond substituents is 2. The first-order valence-corrected chi connectivity index (χ1v) is 8.15. The highest BCUT2D eigenvalue weighted by molar-refractivity contribution is 7.99. The molecule has 0 aliphatic rings. The third-order valence-electron chi connectivity index (χ3n) is 3.24. The highest BCUT2D eigenvalue weighted by Crippen LogP contribution is 2.32. The van der Waals surface area contributed by atoms with Gasteiger partial charge >= 0.3 is 0 Å². The van der Waals surface area contributed by atoms with Gasteiger partial charge in [0.1, 0.15) is 11.5 Å². The van der Waals surface area contributed by atoms with Crippen LogP contribution in [-0.2, 0) is 0 Å². The van der Waals surface area contributed by atoms with Crippen LogP contribution in [0.25, 0.3) is 0 Å². The van der Waals surface area contributed by atoms with E-state index in [1.165, 1.54) is 0 Å². The van der Waals surface area contributed by atoms with Crippen molar-refractivity contribution in [2.45, 2.75) is 23.6 Å². The topological polar surface area (TPSA) is 40.5 Å². The van der Waals surface area contributed by atoms with E-state index in [4.69, 9.17) is 0 Å². The smallest absolute Gasteiger partial charge is 0.118 e. The Balaban J connectivity index is 0.000000268. The average molecular weight is 324 g/mol. The lowest BCUT2D eigenvalue weighted by molar-refractivity contribution is 0.470. The Bertz CT molecular complexity index is 679. The number of aryl methyl sites for hydroxylation is 2. The Morgan fingerprint density at radius 1 is 0.609 bits per heavy atom. The first kappa shape index (κ1) is 17.0. The molecule has 0 radical (unpaired) electrons. The summed E-state index contributed by atoms with van der Waals surface area (Å²) in [5.41, 5.74) is 1.73. The number of hydrogen-bond acceptors (Lipinski definition) is 3. The van der Waals surface area contributed by atoms with Crippen molar-refractivity contribution in [3.8, 4) is 11.5 Å². The highest BCUT2D eigenvalue weighted by Gasteiger charge is 2.02. The minimum Gasteiger partial charge on any atom is -0.508 e. The SMILES string of the molecule is Cc1cc(Sc2ccc(O)c(C)c2)ccc1O.c1ccccc1. The van der Waals surface area contributed by atoms with Crippen LogP contribution in [0.1, 0.15) is 11.1 Å². The van der Waals surface area contributed by atoms with Crippen LogP contribution in [0.3, 0.4) is 0 Å². The molecule has 0 unspecified atom stereocenters. The van der Waals surface area contributed by atoms with E-state index in [0.29, 0.717) is 11.5 Å². The standard InChI is InChI=1S/C14H14O2S.C6H6/c1-9-7-11(3-5-13(9)15)17-12-4-6-14(16)10(2)8-12;1-2-4-6-5-3-1/h3-8,15-16H,1-2H3;1-6H. The predicted octanol–water partition coefficient (Wildman–Crippen LogP) is 5.55. The molecule has 0 atom stereocenters. The lowest BCUT2D eigenvalue weighted by atomic mass is 10.2. The average Bonchev–Trinajstić information content (AvgIpc) is 2.57. The van der Waals surface area contributed by atoms with Crippen molar-refractivity contribution in [1.82, 2.24) is 0 Å². The summed E-state index contributed by atoms with van der Waals surface area (Å²) in [5, 5.41) is 18.9. The molecular weight excluding hydrogens is 304 g/mol. The molecule has 0 aliphatic carbocycles. The van der Waals surface area contributed by atoms with Crippen molar-refractivity contribution < 1.29 is 10.2 Å². The van der Waals surface area contributed by atoms with Crippen molar-refractivity contribution in [3.63, 3.8) is 0 Å². The summed E-state index contributed by atoms with van der Waals surface area (Å²) in [6.07, 6.45) is 0. The van der Waals surface area contributed by atoms with Crippen molar-refractivity contribution in [2.75, 3.05) is 0 Å². The quantitative estimate of drug-likeness (QED) is 0.649. The van der Waals surface area contributed by atoms with Crippen LogP contribution in [0.2, 0.25) is 0 Å². The zero-order valence-corrected chi connectivity index (χ0v) is 14.0. The summed E-state index contributed by atoms with van der Waals surface area (Å²) < 4.78 is 0. The van der Waals surface area contributed by atoms with E-state index < -0.39 is 0 Å². The van der Waals surface area contributed by atoms with Gasteiger partial charge < -0.3 is 10.2 Å². The first-order chi connectivity index (χ1) is 11.1. The van der Waals surface area contributed by atoms with Crippen LogP contribution >= 0.6 is 11.8 Å². The second-order valence-corrected chi connectivity index (χ2v) is 6.30. The molecule has 0 saturated carbocycles. The van der Waals surface area contributed by atoms with Crippen molar-refractivity contribution in [1.29, 1.82) is 0 Å². The number of rotatable bonds is 2. The lowest BCUT2D eigenvalue weighted by Gasteiger charge is -2.06. The molecule has 0 fully saturated rings. The largest absolute Gasteiger partial charge is 0.508 e. The first-order valence-electron chi connectivity index (χ1n) is 7.33. The van der Waals surface area contributed by atoms with Gasteiger partial charge in [0.25, 0.3) is 0 Å². The van der Waals surface area contributed by atoms with Crippen molar-refractivity contribution >= 4 is 11.8 Å². The van der Waals surface area contributed by atoms with E-state index in [1.54, 1.807) is 23.9 Å². The van der Waals surface area contributed by atoms with Gasteiger partial charge in [0.15, 0.2) is 0 Å². The summed E-state index contributed by atoms with van der Waals surface area (Å²) in [6.45, 7) is 3.75. The molecule has 0 aliphatic heterocycles. The summed E-state index contributed by atoms with van der Waals surface area (Å²) in [7, 11) is 0. The van der Waals surface area contributed by atoms with Gasteiger partial charge in [-0.05, 0) is 61.4 Å². The van der Waals surface area contributed by atoms with Gasteiger partial charge in [-0.15, -0.1) is 0 Å². The molecule has 3 heteroatoms. The molecule has 3 aromatic rings. The molecule has 3 aromatic carbocycles. The normalized spacial score (nSPS) is 9.83. The van der Waals surface area contributed by atoms with Crippen LogP contribution in [0, 0.1) is 13.8 Å². The summed E-state index contributed by atoms with van der Waals surface area (Å²) in [5.74, 6) is 0.632. The summed E-state index contributed by atoms with van der Waals surface area (Å²) in [6, 6.07) is 23.1. The minimum absolute atomic E-state index is 0.316. The third kappa shape index (κ3) is 5.38. The third-order valence-corrected chi connectivity index (χ3v) is 4.22. The molecule has 0 aromatic heterocycles. The molecule has 2 N–H and O–H groups in total. The maximum atomic E-state index is 9.45. The van der Waals surface area contributed by atoms with Gasteiger partial charge in [0.2, 0.25) is 0 Å². The molecule has 0 heterocycles. The fourth-order valence-electron chi connectivity index (χ4n) is 1.90. The maximum Gasteiger partial charge on any atom is 0.118 e. The van der Waals surface area contributed by atoms with Crippen molar-refractivity contribution in [3.05, 3.63) is 83.9 Å². The Morgan fingerprint density at radius 3 is 1.26 bits per heavy atom. The minimum atomic E-state index is 0.316. The second kappa shape index (κ2) is 8.30. The molecule has 0 saturated heterocycles. The Labute approximate surface area is 141 Å². The zero-order chi connectivity index (χ0) is 16.7. The van der Waals surface area contributed by atoms with Crippen LogP contribution in [0.5, 0.6) is 11.5 Å². The highest BCUT2D eigenvalue weighted by atomic mass is 32.2. The fraction of sp³-hybridized carbons (Fsp3) is 0.100. The second-order valence-electron chi connectivity index (χ2n) is 5.15. The van der Waals surface area contributed by atoms with Crippen LogP contribution in [0.15, 0.2) is 82.6 Å². The summed E-state index contributed by atoms with van der Waals surface area (Å²) in [4.78, 5) is 2.15. The van der Waals surface area contributed by atoms with Crippen molar-refractivity contribution in [2.24, 2.45) is 0 Å². The van der Waals surface area contributed by atoms with Gasteiger partial charge in [-0.1, -0.05) is 48.2 Å². The summed E-state index contributed by atoms with van der Waals surface area (Å²) >= 11 is 1.61. The Morgan fingerprint density at radius 2 is 0.957 bits per heavy atom. The molecule has 118 valence electrons. The van der Waals surface area contributed by atoms with Crippen LogP contribution in [0.4, 0.5) is 0 Å². The monoisotopic (exact) mass is 324 g/mol. The van der Waals surface area contributed by atoms with E-state index in [1.807, 2.05) is 74.5 Å². The van der Waals surface area contributed by atoms with Gasteiger partial charge in [-0.25, -0.2) is 0 Å². The molecule has 0 spiro atoms. The van der Waals surface area contributed by atoms with E-state index in [9.17, 15) is 10.2 Å². The molecular formula is C20H20O2S. The predicted molar refractivity (Wildman–Crippen MR) is 96.3 cm³/mol. The van der Waals surface area contributed by atoms with Gasteiger partial charge in [-0.2, -0.15) is 0 Å². The number of phenols is 2. The number of hydrogen-bond donors (Lipinski definition) is 2. The van der Waals surface area contributed by atoms with E-state index in [2.05, 4.69) is 0 Å². The molecule has 23 heavy (non-hydrogen) atoms. The van der Waals surface area contributed by atoms with Gasteiger partial charge in [-0.3, -0.25) is 0 Å². The van der Waals surface area contributed by atoms with Gasteiger partial charge in [0.05, 0.1) is 0 Å². The number of aromatic hydroxyl groups is 2. The molecule has 2 nitrogen and oxygen atoms in total. The zero-order valence-electron chi connectivity index (χ0n) is 13.2. The molecule has 0 amide bonds. The van der Waals surface area contributed by atoms with Gasteiger partial charge in [0, 0.05) is 9.79 Å². The van der Waals surface area contributed by atoms with E-state index in [0.717, 1.165) is 20.9 Å². The fourth-order valence-corrected chi connectivity index (χ4v) is 2.92.